The van der Waals surface area contributed by atoms with Gasteiger partial charge in [0.05, 0.1) is 16.3 Å². The largest absolute Gasteiger partial charge is 0.396 e. The minimum Gasteiger partial charge on any atom is -0.396 e. The third-order valence-corrected chi connectivity index (χ3v) is 3.48. The minimum absolute atomic E-state index is 0.0347. The van der Waals surface area contributed by atoms with Gasteiger partial charge in [0.1, 0.15) is 11.4 Å². The highest BCUT2D eigenvalue weighted by Gasteiger charge is 2.21. The molecule has 1 aromatic rings. The van der Waals surface area contributed by atoms with Gasteiger partial charge in [-0.1, -0.05) is 0 Å². The van der Waals surface area contributed by atoms with E-state index in [1.165, 1.54) is 20.2 Å². The Morgan fingerprint density at radius 3 is 2.21 bits per heavy atom. The quantitative estimate of drug-likeness (QED) is 0.649. The number of nitrogens with two attached hydrogens (primary N) is 1. The fourth-order valence-electron chi connectivity index (χ4n) is 1.59. The number of sulfone groups is 1. The van der Waals surface area contributed by atoms with Crippen molar-refractivity contribution in [2.24, 2.45) is 20.5 Å². The standard InChI is InChI=1S/C10H16N6O2S/c1-12-9-6(15-13-2)5-7(19(4,17)18)8(11)10(9)16-14-3/h5,12H,11H2,1-4H3. The van der Waals surface area contributed by atoms with Gasteiger partial charge in [-0.25, -0.2) is 8.42 Å². The van der Waals surface area contributed by atoms with Crippen LogP contribution in [0.4, 0.5) is 22.7 Å². The van der Waals surface area contributed by atoms with Gasteiger partial charge < -0.3 is 11.1 Å². The zero-order chi connectivity index (χ0) is 14.6. The fraction of sp³-hybridized carbons (Fsp3) is 0.400. The van der Waals surface area contributed by atoms with Crippen molar-refractivity contribution in [3.8, 4) is 0 Å². The molecular weight excluding hydrogens is 268 g/mol. The number of azo groups is 2. The molecule has 0 fully saturated rings. The van der Waals surface area contributed by atoms with Crippen LogP contribution in [-0.2, 0) is 9.84 Å². The zero-order valence-electron chi connectivity index (χ0n) is 11.2. The molecule has 8 nitrogen and oxygen atoms in total. The molecule has 0 heterocycles. The summed E-state index contributed by atoms with van der Waals surface area (Å²) in [5.41, 5.74) is 6.93. The highest BCUT2D eigenvalue weighted by molar-refractivity contribution is 7.90. The highest BCUT2D eigenvalue weighted by atomic mass is 32.2. The topological polar surface area (TPSA) is 122 Å². The van der Waals surface area contributed by atoms with Gasteiger partial charge in [0.2, 0.25) is 0 Å². The normalized spacial score (nSPS) is 12.4. The molecule has 0 unspecified atom stereocenters. The number of rotatable bonds is 4. The molecule has 1 rings (SSSR count). The molecular formula is C10H16N6O2S. The summed E-state index contributed by atoms with van der Waals surface area (Å²) in [5.74, 6) is 0. The average Bonchev–Trinajstić information content (AvgIpc) is 2.32. The van der Waals surface area contributed by atoms with Crippen LogP contribution in [0.2, 0.25) is 0 Å². The van der Waals surface area contributed by atoms with Gasteiger partial charge in [-0.15, -0.1) is 0 Å². The smallest absolute Gasteiger partial charge is 0.177 e. The molecule has 0 aliphatic heterocycles. The van der Waals surface area contributed by atoms with E-state index >= 15 is 0 Å². The molecule has 1 aromatic carbocycles. The van der Waals surface area contributed by atoms with Gasteiger partial charge in [-0.05, 0) is 6.07 Å². The highest BCUT2D eigenvalue weighted by Crippen LogP contribution is 2.43. The van der Waals surface area contributed by atoms with Crippen LogP contribution >= 0.6 is 0 Å². The van der Waals surface area contributed by atoms with Crippen LogP contribution in [0.3, 0.4) is 0 Å². The third kappa shape index (κ3) is 3.05. The summed E-state index contributed by atoms with van der Waals surface area (Å²) < 4.78 is 23.4. The van der Waals surface area contributed by atoms with Crippen LogP contribution in [0.5, 0.6) is 0 Å². The second-order valence-electron chi connectivity index (χ2n) is 3.65. The average molecular weight is 284 g/mol. The van der Waals surface area contributed by atoms with Crippen molar-refractivity contribution in [2.45, 2.75) is 4.90 Å². The van der Waals surface area contributed by atoms with Crippen LogP contribution in [0.15, 0.2) is 31.4 Å². The van der Waals surface area contributed by atoms with Crippen molar-refractivity contribution in [1.82, 2.24) is 0 Å². The minimum atomic E-state index is -3.50. The van der Waals surface area contributed by atoms with Crippen LogP contribution in [0, 0.1) is 0 Å². The summed E-state index contributed by atoms with van der Waals surface area (Å²) in [6, 6.07) is 1.36. The lowest BCUT2D eigenvalue weighted by atomic mass is 10.2. The molecule has 0 saturated heterocycles. The van der Waals surface area contributed by atoms with Crippen LogP contribution < -0.4 is 11.1 Å². The molecule has 19 heavy (non-hydrogen) atoms. The van der Waals surface area contributed by atoms with Gasteiger partial charge >= 0.3 is 0 Å². The van der Waals surface area contributed by atoms with E-state index in [9.17, 15) is 8.42 Å². The number of nitrogens with one attached hydrogen (secondary N) is 1. The maximum absolute atomic E-state index is 11.7. The van der Waals surface area contributed by atoms with Gasteiger partial charge in [-0.2, -0.15) is 20.5 Å². The third-order valence-electron chi connectivity index (χ3n) is 2.34. The van der Waals surface area contributed by atoms with Crippen molar-refractivity contribution in [1.29, 1.82) is 0 Å². The summed E-state index contributed by atoms with van der Waals surface area (Å²) >= 11 is 0. The van der Waals surface area contributed by atoms with Crippen molar-refractivity contribution < 1.29 is 8.42 Å². The van der Waals surface area contributed by atoms with Gasteiger partial charge in [0.15, 0.2) is 9.84 Å². The van der Waals surface area contributed by atoms with E-state index in [0.29, 0.717) is 11.4 Å². The molecule has 0 aliphatic rings. The second-order valence-corrected chi connectivity index (χ2v) is 5.64. The first kappa shape index (κ1) is 15.0. The monoisotopic (exact) mass is 284 g/mol. The number of anilines is 2. The van der Waals surface area contributed by atoms with E-state index in [1.807, 2.05) is 0 Å². The maximum Gasteiger partial charge on any atom is 0.177 e. The Kier molecular flexibility index (Phi) is 4.54. The van der Waals surface area contributed by atoms with E-state index in [0.717, 1.165) is 6.26 Å². The van der Waals surface area contributed by atoms with Gasteiger partial charge in [0, 0.05) is 27.4 Å². The Balaban J connectivity index is 3.82. The van der Waals surface area contributed by atoms with E-state index in [4.69, 9.17) is 5.73 Å². The van der Waals surface area contributed by atoms with Gasteiger partial charge in [-0.3, -0.25) is 0 Å². The van der Waals surface area contributed by atoms with Crippen molar-refractivity contribution >= 4 is 32.6 Å². The lowest BCUT2D eigenvalue weighted by Crippen LogP contribution is -2.04. The molecule has 0 bridgehead atoms. The molecule has 104 valence electrons. The first-order valence-electron chi connectivity index (χ1n) is 5.30. The Bertz CT molecular complexity index is 636. The van der Waals surface area contributed by atoms with E-state index in [-0.39, 0.29) is 16.3 Å². The van der Waals surface area contributed by atoms with Crippen molar-refractivity contribution in [3.63, 3.8) is 0 Å². The molecule has 0 saturated carbocycles. The lowest BCUT2D eigenvalue weighted by Gasteiger charge is -2.13. The van der Waals surface area contributed by atoms with Crippen LogP contribution in [-0.4, -0.2) is 35.8 Å². The van der Waals surface area contributed by atoms with E-state index < -0.39 is 9.84 Å². The fourth-order valence-corrected chi connectivity index (χ4v) is 2.41. The van der Waals surface area contributed by atoms with Crippen LogP contribution in [0.1, 0.15) is 0 Å². The first-order valence-corrected chi connectivity index (χ1v) is 7.19. The van der Waals surface area contributed by atoms with Crippen LogP contribution in [0.25, 0.3) is 0 Å². The molecule has 3 N–H and O–H groups in total. The summed E-state index contributed by atoms with van der Waals surface area (Å²) in [5, 5.41) is 17.9. The Morgan fingerprint density at radius 1 is 1.21 bits per heavy atom. The number of benzene rings is 1. The molecule has 9 heteroatoms. The number of nitrogens with zero attached hydrogens (tertiary/aromatic N) is 4. The molecule has 0 amide bonds. The summed E-state index contributed by atoms with van der Waals surface area (Å²) in [4.78, 5) is -0.0451. The van der Waals surface area contributed by atoms with Gasteiger partial charge in [0.25, 0.3) is 0 Å². The van der Waals surface area contributed by atoms with E-state index in [2.05, 4.69) is 25.8 Å². The van der Waals surface area contributed by atoms with Crippen molar-refractivity contribution in [3.05, 3.63) is 6.07 Å². The summed E-state index contributed by atoms with van der Waals surface area (Å²) in [6.07, 6.45) is 1.07. The number of hydrogen-bond donors (Lipinski definition) is 2. The summed E-state index contributed by atoms with van der Waals surface area (Å²) in [6.45, 7) is 0. The van der Waals surface area contributed by atoms with Crippen molar-refractivity contribution in [2.75, 3.05) is 38.4 Å². The predicted octanol–water partition coefficient (Wildman–Crippen LogP) is 2.14. The van der Waals surface area contributed by atoms with E-state index in [1.54, 1.807) is 7.05 Å². The molecule has 0 radical (unpaired) electrons. The Labute approximate surface area is 111 Å². The Hall–Kier alpha value is -2.03. The Morgan fingerprint density at radius 2 is 1.79 bits per heavy atom. The first-order chi connectivity index (χ1) is 8.86. The number of hydrogen-bond acceptors (Lipinski definition) is 8. The predicted molar refractivity (Wildman–Crippen MR) is 74.4 cm³/mol. The second kappa shape index (κ2) is 5.74. The molecule has 0 atom stereocenters. The maximum atomic E-state index is 11.7. The number of nitrogen functional groups attached to an aromatic ring is 1. The lowest BCUT2D eigenvalue weighted by molar-refractivity contribution is 0.602. The zero-order valence-corrected chi connectivity index (χ0v) is 12.0. The molecule has 0 aliphatic carbocycles. The molecule has 0 aromatic heterocycles. The molecule has 0 spiro atoms. The summed E-state index contributed by atoms with van der Waals surface area (Å²) in [7, 11) is 1.10. The SMILES string of the molecule is CN=Nc1cc(S(C)(=O)=O)c(N)c(N=NC)c1NC.